The second-order valence-electron chi connectivity index (χ2n) is 2.35. The number of thiocarbonyl (C=S) groups is 1. The lowest BCUT2D eigenvalue weighted by Crippen LogP contribution is -1.97. The number of aryl methyl sites for hydroxylation is 1. The summed E-state index contributed by atoms with van der Waals surface area (Å²) in [7, 11) is 0. The quantitative estimate of drug-likeness (QED) is 0.572. The Kier molecular flexibility index (Phi) is 1.85. The van der Waals surface area contributed by atoms with Crippen LogP contribution in [-0.2, 0) is 0 Å². The number of hydrogen-bond acceptors (Lipinski definition) is 2. The molecule has 0 aliphatic rings. The molecule has 0 aliphatic carbocycles. The predicted molar refractivity (Wildman–Crippen MR) is 45.5 cm³/mol. The van der Waals surface area contributed by atoms with Gasteiger partial charge in [-0.2, -0.15) is 5.10 Å². The molecule has 3 heteroatoms. The summed E-state index contributed by atoms with van der Waals surface area (Å²) in [6.45, 7) is 6.04. The molecule has 0 fully saturated rings. The molecule has 1 rings (SSSR count). The molecule has 0 unspecified atom stereocenters. The van der Waals surface area contributed by atoms with Crippen LogP contribution in [0.15, 0.2) is 0 Å². The van der Waals surface area contributed by atoms with Crippen LogP contribution in [0.1, 0.15) is 17.0 Å². The van der Waals surface area contributed by atoms with E-state index in [-0.39, 0.29) is 0 Å². The molecule has 1 aromatic heterocycles. The molecule has 0 aliphatic heterocycles. The van der Waals surface area contributed by atoms with Gasteiger partial charge in [0.15, 0.2) is 0 Å². The molecule has 0 N–H and O–H groups in total. The lowest BCUT2D eigenvalue weighted by Gasteiger charge is -1.91. The number of rotatable bonds is 1. The molecule has 10 heavy (non-hydrogen) atoms. The molecule has 0 bridgehead atoms. The summed E-state index contributed by atoms with van der Waals surface area (Å²) in [5, 5.41) is 4.19. The zero-order valence-electron chi connectivity index (χ0n) is 6.38. The Bertz CT molecular complexity index is 263. The van der Waals surface area contributed by atoms with Crippen LogP contribution >= 0.6 is 12.2 Å². The highest BCUT2D eigenvalue weighted by molar-refractivity contribution is 7.78. The van der Waals surface area contributed by atoms with Crippen LogP contribution in [0.2, 0.25) is 0 Å². The highest BCUT2D eigenvalue weighted by Crippen LogP contribution is 2.08. The summed E-state index contributed by atoms with van der Waals surface area (Å²) in [6, 6.07) is 0. The summed E-state index contributed by atoms with van der Waals surface area (Å²) in [5.41, 5.74) is 4.96. The number of nitrogens with zero attached hydrogens (tertiary/aromatic N) is 2. The van der Waals surface area contributed by atoms with Crippen LogP contribution in [0.5, 0.6) is 0 Å². The third kappa shape index (κ3) is 0.968. The highest BCUT2D eigenvalue weighted by atomic mass is 32.1. The predicted octanol–water partition coefficient (Wildman–Crippen LogP) is 1.61. The van der Waals surface area contributed by atoms with Crippen molar-refractivity contribution in [2.24, 2.45) is 0 Å². The van der Waals surface area contributed by atoms with Crippen LogP contribution in [0.25, 0.3) is 0 Å². The molecule has 1 aromatic rings. The summed E-state index contributed by atoms with van der Waals surface area (Å²) in [4.78, 5) is 0. The average Bonchev–Trinajstić information content (AvgIpc) is 2.17. The maximum atomic E-state index is 4.75. The second-order valence-corrected chi connectivity index (χ2v) is 2.56. The van der Waals surface area contributed by atoms with Gasteiger partial charge in [-0.1, -0.05) is 12.2 Å². The molecule has 0 aromatic carbocycles. The molecular formula is C7H10N2S. The molecule has 2 nitrogen and oxygen atoms in total. The number of hydrogen-bond donors (Lipinski definition) is 0. The molecule has 54 valence electrons. The first-order valence-corrected chi connectivity index (χ1v) is 3.61. The fourth-order valence-electron chi connectivity index (χ4n) is 0.848. The molecular weight excluding hydrogens is 144 g/mol. The van der Waals surface area contributed by atoms with Crippen LogP contribution in [0.3, 0.4) is 0 Å². The molecule has 0 amide bonds. The van der Waals surface area contributed by atoms with Gasteiger partial charge < -0.3 is 0 Å². The Morgan fingerprint density at radius 3 is 2.20 bits per heavy atom. The van der Waals surface area contributed by atoms with E-state index in [4.69, 9.17) is 12.2 Å². The summed E-state index contributed by atoms with van der Waals surface area (Å²) >= 11 is 4.75. The van der Waals surface area contributed by atoms with E-state index >= 15 is 0 Å². The minimum Gasteiger partial charge on any atom is -0.234 e. The van der Waals surface area contributed by atoms with Gasteiger partial charge in [0.1, 0.15) is 0 Å². The van der Waals surface area contributed by atoms with Crippen LogP contribution in [0, 0.1) is 20.8 Å². The monoisotopic (exact) mass is 154 g/mol. The van der Waals surface area contributed by atoms with Gasteiger partial charge in [0, 0.05) is 5.69 Å². The van der Waals surface area contributed by atoms with Gasteiger partial charge in [-0.15, -0.1) is 0 Å². The Hall–Kier alpha value is -0.700. The first kappa shape index (κ1) is 7.41. The summed E-state index contributed by atoms with van der Waals surface area (Å²) < 4.78 is 1.72. The van der Waals surface area contributed by atoms with Crippen molar-refractivity contribution in [3.63, 3.8) is 0 Å². The van der Waals surface area contributed by atoms with Crippen molar-refractivity contribution in [3.8, 4) is 0 Å². The standard InChI is InChI=1S/C7H10N2S/c1-5-6(2)8-9(4-10)7(5)3/h4H,1-3H3. The molecule has 0 saturated carbocycles. The fourth-order valence-corrected chi connectivity index (χ4v) is 1.05. The van der Waals surface area contributed by atoms with E-state index in [0.717, 1.165) is 11.4 Å². The van der Waals surface area contributed by atoms with Gasteiger partial charge in [0.25, 0.3) is 0 Å². The third-order valence-electron chi connectivity index (χ3n) is 1.79. The van der Waals surface area contributed by atoms with Crippen molar-refractivity contribution in [1.29, 1.82) is 0 Å². The maximum Gasteiger partial charge on any atom is 0.0916 e. The van der Waals surface area contributed by atoms with Crippen molar-refractivity contribution in [2.75, 3.05) is 0 Å². The molecule has 1 heterocycles. The smallest absolute Gasteiger partial charge is 0.0916 e. The van der Waals surface area contributed by atoms with E-state index in [1.54, 1.807) is 10.2 Å². The van der Waals surface area contributed by atoms with E-state index in [1.165, 1.54) is 5.56 Å². The van der Waals surface area contributed by atoms with Gasteiger partial charge in [-0.3, -0.25) is 0 Å². The van der Waals surface area contributed by atoms with Gasteiger partial charge >= 0.3 is 0 Å². The van der Waals surface area contributed by atoms with Gasteiger partial charge in [-0.05, 0) is 26.3 Å². The van der Waals surface area contributed by atoms with Crippen LogP contribution in [0.4, 0.5) is 0 Å². The SMILES string of the molecule is Cc1nn(C=S)c(C)c1C. The minimum absolute atomic E-state index is 1.05. The Morgan fingerprint density at radius 2 is 2.00 bits per heavy atom. The van der Waals surface area contributed by atoms with E-state index in [1.807, 2.05) is 20.8 Å². The van der Waals surface area contributed by atoms with E-state index in [2.05, 4.69) is 5.10 Å². The Labute approximate surface area is 65.9 Å². The largest absolute Gasteiger partial charge is 0.234 e. The maximum absolute atomic E-state index is 4.75. The molecule has 0 saturated heterocycles. The van der Waals surface area contributed by atoms with Crippen molar-refractivity contribution in [2.45, 2.75) is 20.8 Å². The van der Waals surface area contributed by atoms with E-state index in [9.17, 15) is 0 Å². The zero-order chi connectivity index (χ0) is 7.72. The summed E-state index contributed by atoms with van der Waals surface area (Å²) in [5.74, 6) is 0. The van der Waals surface area contributed by atoms with Crippen molar-refractivity contribution in [1.82, 2.24) is 9.78 Å². The molecule has 0 radical (unpaired) electrons. The van der Waals surface area contributed by atoms with Crippen LogP contribution < -0.4 is 0 Å². The van der Waals surface area contributed by atoms with Gasteiger partial charge in [0.2, 0.25) is 0 Å². The topological polar surface area (TPSA) is 17.8 Å². The lowest BCUT2D eigenvalue weighted by molar-refractivity contribution is 0.911. The molecule has 0 spiro atoms. The second kappa shape index (κ2) is 2.50. The van der Waals surface area contributed by atoms with Crippen LogP contribution in [-0.4, -0.2) is 15.3 Å². The first-order chi connectivity index (χ1) is 4.66. The first-order valence-electron chi connectivity index (χ1n) is 3.14. The zero-order valence-corrected chi connectivity index (χ0v) is 7.20. The number of aromatic nitrogens is 2. The van der Waals surface area contributed by atoms with E-state index in [0.29, 0.717) is 0 Å². The van der Waals surface area contributed by atoms with Crippen molar-refractivity contribution < 1.29 is 0 Å². The van der Waals surface area contributed by atoms with Gasteiger partial charge in [-0.25, -0.2) is 4.68 Å². The van der Waals surface area contributed by atoms with Crippen molar-refractivity contribution >= 4 is 17.7 Å². The average molecular weight is 154 g/mol. The normalized spacial score (nSPS) is 9.90. The highest BCUT2D eigenvalue weighted by Gasteiger charge is 2.03. The summed E-state index contributed by atoms with van der Waals surface area (Å²) in [6.07, 6.45) is 0. The van der Waals surface area contributed by atoms with Crippen molar-refractivity contribution in [3.05, 3.63) is 17.0 Å². The Morgan fingerprint density at radius 1 is 1.40 bits per heavy atom. The van der Waals surface area contributed by atoms with Gasteiger partial charge in [0.05, 0.1) is 11.2 Å². The molecule has 0 atom stereocenters. The van der Waals surface area contributed by atoms with E-state index < -0.39 is 0 Å². The fraction of sp³-hybridized carbons (Fsp3) is 0.429. The lowest BCUT2D eigenvalue weighted by atomic mass is 10.2. The third-order valence-corrected chi connectivity index (χ3v) is 1.99. The minimum atomic E-state index is 1.05. The Balaban J connectivity index is 3.30.